The van der Waals surface area contributed by atoms with Crippen molar-refractivity contribution in [3.63, 3.8) is 0 Å². The first kappa shape index (κ1) is 23.4. The number of hydrogen-bond acceptors (Lipinski definition) is 8. The summed E-state index contributed by atoms with van der Waals surface area (Å²) < 4.78 is 57.3. The quantitative estimate of drug-likeness (QED) is 0.367. The first-order chi connectivity index (χ1) is 13.8. The second-order valence-electron chi connectivity index (χ2n) is 6.36. The van der Waals surface area contributed by atoms with E-state index in [1.54, 1.807) is 10.9 Å². The Hall–Kier alpha value is -1.84. The highest BCUT2D eigenvalue weighted by molar-refractivity contribution is 7.55. The second kappa shape index (κ2) is 10.3. The number of nitrogen functional groups attached to an aromatic ring is 1. The van der Waals surface area contributed by atoms with Gasteiger partial charge in [0.05, 0.1) is 26.5 Å². The Morgan fingerprint density at radius 3 is 2.41 bits per heavy atom. The number of aryl methyl sites for hydroxylation is 1. The van der Waals surface area contributed by atoms with Crippen LogP contribution in [0.25, 0.3) is 11.0 Å². The molecular formula is C17H28F2N5O4P. The molecule has 0 amide bonds. The molecular weight excluding hydrogens is 407 g/mol. The van der Waals surface area contributed by atoms with E-state index in [-0.39, 0.29) is 25.6 Å². The Morgan fingerprint density at radius 2 is 1.79 bits per heavy atom. The fourth-order valence-electron chi connectivity index (χ4n) is 2.92. The number of rotatable bonds is 13. The van der Waals surface area contributed by atoms with Crippen LogP contribution in [0.2, 0.25) is 0 Å². The smallest absolute Gasteiger partial charge is 0.399 e. The molecule has 2 rings (SSSR count). The largest absolute Gasteiger partial charge is 0.480 e. The average molecular weight is 435 g/mol. The normalized spacial score (nSPS) is 12.6. The highest BCUT2D eigenvalue weighted by Gasteiger charge is 2.52. The number of nitrogens with two attached hydrogens (primary N) is 1. The topological polar surface area (TPSA) is 114 Å². The maximum Gasteiger partial charge on any atom is 0.399 e. The van der Waals surface area contributed by atoms with Crippen LogP contribution in [0.1, 0.15) is 46.0 Å². The molecule has 0 bridgehead atoms. The van der Waals surface area contributed by atoms with Gasteiger partial charge in [-0.25, -0.2) is 4.68 Å². The van der Waals surface area contributed by atoms with Gasteiger partial charge in [-0.05, 0) is 26.7 Å². The van der Waals surface area contributed by atoms with Gasteiger partial charge in [-0.2, -0.15) is 23.8 Å². The van der Waals surface area contributed by atoms with Crippen LogP contribution in [0, 0.1) is 0 Å². The summed E-state index contributed by atoms with van der Waals surface area (Å²) in [4.78, 5) is 8.18. The number of anilines is 1. The van der Waals surface area contributed by atoms with Crippen LogP contribution in [0.4, 0.5) is 14.7 Å². The van der Waals surface area contributed by atoms with Crippen molar-refractivity contribution in [3.05, 3.63) is 6.20 Å². The molecule has 29 heavy (non-hydrogen) atoms. The number of unbranched alkanes of at least 4 members (excludes halogenated alkanes) is 3. The van der Waals surface area contributed by atoms with E-state index >= 15 is 0 Å². The molecule has 12 heteroatoms. The molecule has 0 unspecified atom stereocenters. The summed E-state index contributed by atoms with van der Waals surface area (Å²) in [5.74, 6) is 0.445. The minimum absolute atomic E-state index is 0.0892. The lowest BCUT2D eigenvalue weighted by Gasteiger charge is -2.25. The Labute approximate surface area is 168 Å². The minimum atomic E-state index is -4.44. The molecule has 0 atom stereocenters. The molecule has 0 saturated heterocycles. The zero-order chi connectivity index (χ0) is 21.5. The summed E-state index contributed by atoms with van der Waals surface area (Å²) in [6.07, 6.45) is 3.22. The van der Waals surface area contributed by atoms with Crippen LogP contribution in [0.5, 0.6) is 5.88 Å². The number of halogens is 2. The predicted octanol–water partition coefficient (Wildman–Crippen LogP) is 4.23. The number of methoxy groups -OCH3 is 1. The van der Waals surface area contributed by atoms with Crippen molar-refractivity contribution in [2.45, 2.75) is 58.2 Å². The standard InChI is InChI=1S/C17H28F2N5O4P/c1-4-27-29(25,28-5-2)17(18,19)10-8-6-7-9-11-24-14-13(12-21-24)15(26-3)23-16(20)22-14/h12H,4-11H2,1-3H3,(H2,20,22,23). The van der Waals surface area contributed by atoms with E-state index in [4.69, 9.17) is 19.5 Å². The Morgan fingerprint density at radius 1 is 1.14 bits per heavy atom. The van der Waals surface area contributed by atoms with Crippen LogP contribution in [-0.2, 0) is 20.2 Å². The maximum absolute atomic E-state index is 14.3. The minimum Gasteiger partial charge on any atom is -0.480 e. The fraction of sp³-hybridized carbons (Fsp3) is 0.706. The van der Waals surface area contributed by atoms with Gasteiger partial charge in [0.25, 0.3) is 0 Å². The van der Waals surface area contributed by atoms with E-state index < -0.39 is 19.7 Å². The number of fused-ring (bicyclic) bond motifs is 1. The number of hydrogen-bond donors (Lipinski definition) is 1. The third kappa shape index (κ3) is 5.61. The molecule has 164 valence electrons. The fourth-order valence-corrected chi connectivity index (χ4v) is 4.48. The molecule has 0 aliphatic rings. The van der Waals surface area contributed by atoms with Crippen molar-refractivity contribution in [1.82, 2.24) is 19.7 Å². The molecule has 0 aliphatic heterocycles. The van der Waals surface area contributed by atoms with Crippen LogP contribution in [0.3, 0.4) is 0 Å². The van der Waals surface area contributed by atoms with Crippen LogP contribution in [-0.4, -0.2) is 45.7 Å². The van der Waals surface area contributed by atoms with Crippen molar-refractivity contribution in [2.24, 2.45) is 0 Å². The van der Waals surface area contributed by atoms with Crippen molar-refractivity contribution in [2.75, 3.05) is 26.1 Å². The molecule has 9 nitrogen and oxygen atoms in total. The summed E-state index contributed by atoms with van der Waals surface area (Å²) in [5, 5.41) is 4.92. The lowest BCUT2D eigenvalue weighted by molar-refractivity contribution is 0.0294. The highest BCUT2D eigenvalue weighted by atomic mass is 31.2. The van der Waals surface area contributed by atoms with Crippen LogP contribution < -0.4 is 10.5 Å². The van der Waals surface area contributed by atoms with E-state index in [0.717, 1.165) is 0 Å². The second-order valence-corrected chi connectivity index (χ2v) is 8.52. The Balaban J connectivity index is 1.84. The SMILES string of the molecule is CCOP(=O)(OCC)C(F)(F)CCCCCCn1ncc2c(OC)nc(N)nc21. The van der Waals surface area contributed by atoms with E-state index in [1.807, 2.05) is 0 Å². The zero-order valence-corrected chi connectivity index (χ0v) is 17.8. The third-order valence-electron chi connectivity index (χ3n) is 4.27. The summed E-state index contributed by atoms with van der Waals surface area (Å²) in [6, 6.07) is 0. The molecule has 2 heterocycles. The van der Waals surface area contributed by atoms with Gasteiger partial charge in [0.15, 0.2) is 5.65 Å². The molecule has 2 N–H and O–H groups in total. The highest BCUT2D eigenvalue weighted by Crippen LogP contribution is 2.63. The Kier molecular flexibility index (Phi) is 8.30. The maximum atomic E-state index is 14.3. The van der Waals surface area contributed by atoms with Gasteiger partial charge in [-0.15, -0.1) is 0 Å². The Bertz CT molecular complexity index is 839. The van der Waals surface area contributed by atoms with Gasteiger partial charge >= 0.3 is 13.3 Å². The van der Waals surface area contributed by atoms with E-state index in [2.05, 4.69) is 15.1 Å². The lowest BCUT2D eigenvalue weighted by Crippen LogP contribution is -2.20. The van der Waals surface area contributed by atoms with E-state index in [0.29, 0.717) is 42.7 Å². The lowest BCUT2D eigenvalue weighted by atomic mass is 10.1. The van der Waals surface area contributed by atoms with Gasteiger partial charge in [-0.3, -0.25) is 4.57 Å². The molecule has 0 fully saturated rings. The van der Waals surface area contributed by atoms with Crippen molar-refractivity contribution >= 4 is 24.6 Å². The van der Waals surface area contributed by atoms with Crippen LogP contribution in [0.15, 0.2) is 6.20 Å². The summed E-state index contributed by atoms with van der Waals surface area (Å²) >= 11 is 0. The average Bonchev–Trinajstić information content (AvgIpc) is 3.06. The summed E-state index contributed by atoms with van der Waals surface area (Å²) in [7, 11) is -2.95. The van der Waals surface area contributed by atoms with Gasteiger partial charge in [-0.1, -0.05) is 12.8 Å². The van der Waals surface area contributed by atoms with Crippen molar-refractivity contribution in [3.8, 4) is 5.88 Å². The first-order valence-corrected chi connectivity index (χ1v) is 11.1. The summed E-state index contributed by atoms with van der Waals surface area (Å²) in [6.45, 7) is 3.38. The van der Waals surface area contributed by atoms with Gasteiger partial charge in [0, 0.05) is 13.0 Å². The molecule has 2 aromatic heterocycles. The van der Waals surface area contributed by atoms with Gasteiger partial charge in [0.2, 0.25) is 11.8 Å². The number of nitrogens with zero attached hydrogens (tertiary/aromatic N) is 4. The number of ether oxygens (including phenoxy) is 1. The summed E-state index contributed by atoms with van der Waals surface area (Å²) in [5.41, 5.74) is 2.75. The van der Waals surface area contributed by atoms with Crippen molar-refractivity contribution in [1.29, 1.82) is 0 Å². The molecule has 0 saturated carbocycles. The van der Waals surface area contributed by atoms with Crippen molar-refractivity contribution < 1.29 is 27.1 Å². The molecule has 2 aromatic rings. The van der Waals surface area contributed by atoms with Crippen LogP contribution >= 0.6 is 7.60 Å². The first-order valence-electron chi connectivity index (χ1n) is 9.58. The predicted molar refractivity (Wildman–Crippen MR) is 105 cm³/mol. The van der Waals surface area contributed by atoms with E-state index in [1.165, 1.54) is 21.0 Å². The van der Waals surface area contributed by atoms with E-state index in [9.17, 15) is 13.3 Å². The number of alkyl halides is 2. The monoisotopic (exact) mass is 435 g/mol. The number of aromatic nitrogens is 4. The zero-order valence-electron chi connectivity index (χ0n) is 16.9. The molecule has 0 aromatic carbocycles. The van der Waals surface area contributed by atoms with Gasteiger partial charge in [0.1, 0.15) is 5.39 Å². The molecule has 0 aliphatic carbocycles. The van der Waals surface area contributed by atoms with Gasteiger partial charge < -0.3 is 19.5 Å². The molecule has 0 radical (unpaired) electrons. The molecule has 0 spiro atoms. The third-order valence-corrected chi connectivity index (χ3v) is 6.49.